The first-order chi connectivity index (χ1) is 14.3. The highest BCUT2D eigenvalue weighted by Crippen LogP contribution is 2.53. The fourth-order valence-electron chi connectivity index (χ4n) is 4.95. The lowest BCUT2D eigenvalue weighted by Crippen LogP contribution is -2.53. The Hall–Kier alpha value is -2.30. The van der Waals surface area contributed by atoms with Crippen LogP contribution in [0.2, 0.25) is 0 Å². The van der Waals surface area contributed by atoms with Crippen LogP contribution in [-0.4, -0.2) is 60.0 Å². The molecule has 2 fully saturated rings. The lowest BCUT2D eigenvalue weighted by Gasteiger charge is -2.29. The van der Waals surface area contributed by atoms with Crippen LogP contribution in [0.3, 0.4) is 0 Å². The Morgan fingerprint density at radius 2 is 2.07 bits per heavy atom. The summed E-state index contributed by atoms with van der Waals surface area (Å²) in [7, 11) is 1.54. The second-order valence-corrected chi connectivity index (χ2v) is 8.73. The zero-order valence-electron chi connectivity index (χ0n) is 16.3. The largest absolute Gasteiger partial charge is 0.481 e. The number of fused-ring (bicyclic) bond motifs is 4. The number of imide groups is 1. The van der Waals surface area contributed by atoms with Crippen LogP contribution in [0.25, 0.3) is 0 Å². The number of carbonyl (C=O) groups is 4. The van der Waals surface area contributed by atoms with Crippen LogP contribution in [-0.2, 0) is 29.5 Å². The number of halogens is 1. The molecule has 10 heteroatoms. The van der Waals surface area contributed by atoms with E-state index < -0.39 is 41.2 Å². The predicted molar refractivity (Wildman–Crippen MR) is 108 cm³/mol. The van der Waals surface area contributed by atoms with Gasteiger partial charge in [-0.1, -0.05) is 15.9 Å². The molecule has 4 unspecified atom stereocenters. The number of carbonyl (C=O) groups excluding carboxylic acids is 3. The van der Waals surface area contributed by atoms with Gasteiger partial charge in [-0.3, -0.25) is 29.4 Å². The second kappa shape index (κ2) is 7.75. The standard InChI is InChI=1S/C20H22BrN3O6/c1-30-8-2-7-24-17(27)15-13(5-6-14(25)26)23-20(16(15)18(24)28)11-9-10(21)3-4-12(11)22-19(20)29/h3-4,9,13,15-16,23H,2,5-8H2,1H3,(H,22,29)(H,25,26). The van der Waals surface area contributed by atoms with E-state index in [1.54, 1.807) is 25.3 Å². The van der Waals surface area contributed by atoms with E-state index in [0.29, 0.717) is 24.3 Å². The number of nitrogens with zero attached hydrogens (tertiary/aromatic N) is 1. The van der Waals surface area contributed by atoms with Crippen LogP contribution in [0, 0.1) is 11.8 Å². The van der Waals surface area contributed by atoms with E-state index in [9.17, 15) is 19.2 Å². The van der Waals surface area contributed by atoms with Crippen LogP contribution in [0.1, 0.15) is 24.8 Å². The van der Waals surface area contributed by atoms with Crippen molar-refractivity contribution in [3.05, 3.63) is 28.2 Å². The Labute approximate surface area is 181 Å². The molecule has 9 nitrogen and oxygen atoms in total. The molecule has 3 aliphatic heterocycles. The number of methoxy groups -OCH3 is 1. The van der Waals surface area contributed by atoms with Gasteiger partial charge in [0.1, 0.15) is 5.54 Å². The van der Waals surface area contributed by atoms with Crippen molar-refractivity contribution in [1.82, 2.24) is 10.2 Å². The smallest absolute Gasteiger partial charge is 0.303 e. The number of anilines is 1. The fraction of sp³-hybridized carbons (Fsp3) is 0.500. The summed E-state index contributed by atoms with van der Waals surface area (Å²) in [5.41, 5.74) is -0.239. The normalized spacial score (nSPS) is 29.5. The highest BCUT2D eigenvalue weighted by Gasteiger charge is 2.70. The Balaban J connectivity index is 1.77. The molecule has 30 heavy (non-hydrogen) atoms. The molecule has 3 aliphatic rings. The molecule has 4 rings (SSSR count). The lowest BCUT2D eigenvalue weighted by atomic mass is 9.76. The van der Waals surface area contributed by atoms with Crippen molar-refractivity contribution in [2.45, 2.75) is 30.8 Å². The average Bonchev–Trinajstić information content (AvgIpc) is 3.27. The van der Waals surface area contributed by atoms with Crippen LogP contribution in [0.4, 0.5) is 5.69 Å². The van der Waals surface area contributed by atoms with Crippen LogP contribution < -0.4 is 10.6 Å². The summed E-state index contributed by atoms with van der Waals surface area (Å²) in [5.74, 6) is -3.89. The van der Waals surface area contributed by atoms with Gasteiger partial charge in [0.2, 0.25) is 17.7 Å². The van der Waals surface area contributed by atoms with Crippen molar-refractivity contribution in [2.24, 2.45) is 11.8 Å². The van der Waals surface area contributed by atoms with Gasteiger partial charge in [0.15, 0.2) is 0 Å². The van der Waals surface area contributed by atoms with Crippen molar-refractivity contribution < 1.29 is 29.0 Å². The molecule has 4 atom stereocenters. The number of benzene rings is 1. The minimum absolute atomic E-state index is 0.139. The number of ether oxygens (including phenoxy) is 1. The number of likely N-dealkylation sites (tertiary alicyclic amines) is 1. The molecule has 1 aromatic carbocycles. The number of hydrogen-bond acceptors (Lipinski definition) is 6. The van der Waals surface area contributed by atoms with Crippen molar-refractivity contribution in [1.29, 1.82) is 0 Å². The highest BCUT2D eigenvalue weighted by atomic mass is 79.9. The van der Waals surface area contributed by atoms with E-state index in [2.05, 4.69) is 26.6 Å². The number of carboxylic acid groups (broad SMARTS) is 1. The Kier molecular flexibility index (Phi) is 5.41. The molecule has 3 amide bonds. The Morgan fingerprint density at radius 3 is 2.77 bits per heavy atom. The van der Waals surface area contributed by atoms with Gasteiger partial charge < -0.3 is 15.2 Å². The molecular formula is C20H22BrN3O6. The molecule has 2 saturated heterocycles. The first-order valence-electron chi connectivity index (χ1n) is 9.76. The minimum Gasteiger partial charge on any atom is -0.481 e. The van der Waals surface area contributed by atoms with E-state index in [4.69, 9.17) is 9.84 Å². The summed E-state index contributed by atoms with van der Waals surface area (Å²) < 4.78 is 5.76. The summed E-state index contributed by atoms with van der Waals surface area (Å²) in [6.07, 6.45) is 0.455. The van der Waals surface area contributed by atoms with E-state index >= 15 is 0 Å². The summed E-state index contributed by atoms with van der Waals surface area (Å²) in [4.78, 5) is 52.2. The molecule has 0 bridgehead atoms. The monoisotopic (exact) mass is 479 g/mol. The van der Waals surface area contributed by atoms with Gasteiger partial charge in [0.25, 0.3) is 0 Å². The third-order valence-electron chi connectivity index (χ3n) is 6.17. The van der Waals surface area contributed by atoms with Crippen molar-refractivity contribution in [3.63, 3.8) is 0 Å². The topological polar surface area (TPSA) is 125 Å². The van der Waals surface area contributed by atoms with Crippen LogP contribution in [0.5, 0.6) is 0 Å². The zero-order valence-corrected chi connectivity index (χ0v) is 17.9. The van der Waals surface area contributed by atoms with Crippen molar-refractivity contribution in [2.75, 3.05) is 25.6 Å². The van der Waals surface area contributed by atoms with Gasteiger partial charge >= 0.3 is 5.97 Å². The summed E-state index contributed by atoms with van der Waals surface area (Å²) >= 11 is 3.41. The maximum atomic E-state index is 13.4. The first-order valence-corrected chi connectivity index (χ1v) is 10.6. The summed E-state index contributed by atoms with van der Waals surface area (Å²) in [5, 5.41) is 15.2. The van der Waals surface area contributed by atoms with Gasteiger partial charge in [0, 0.05) is 48.4 Å². The molecule has 0 radical (unpaired) electrons. The fourth-order valence-corrected chi connectivity index (χ4v) is 5.31. The van der Waals surface area contributed by atoms with E-state index in [0.717, 1.165) is 4.47 Å². The molecule has 1 aromatic rings. The molecule has 1 spiro atoms. The maximum Gasteiger partial charge on any atom is 0.303 e. The van der Waals surface area contributed by atoms with Crippen LogP contribution in [0.15, 0.2) is 22.7 Å². The number of hydrogen-bond donors (Lipinski definition) is 3. The maximum absolute atomic E-state index is 13.4. The molecule has 0 aromatic heterocycles. The third kappa shape index (κ3) is 3.05. The molecule has 3 heterocycles. The number of nitrogens with one attached hydrogen (secondary N) is 2. The summed E-state index contributed by atoms with van der Waals surface area (Å²) in [6.45, 7) is 0.599. The van der Waals surface area contributed by atoms with Gasteiger partial charge in [-0.05, 0) is 31.0 Å². The summed E-state index contributed by atoms with van der Waals surface area (Å²) in [6, 6.07) is 4.68. The Bertz CT molecular complexity index is 937. The Morgan fingerprint density at radius 1 is 1.30 bits per heavy atom. The number of amides is 3. The van der Waals surface area contributed by atoms with Gasteiger partial charge in [0.05, 0.1) is 11.8 Å². The van der Waals surface area contributed by atoms with E-state index in [1.165, 1.54) is 4.90 Å². The number of carboxylic acids is 1. The minimum atomic E-state index is -1.41. The van der Waals surface area contributed by atoms with E-state index in [1.807, 2.05) is 0 Å². The predicted octanol–water partition coefficient (Wildman–Crippen LogP) is 1.07. The van der Waals surface area contributed by atoms with Gasteiger partial charge in [-0.15, -0.1) is 0 Å². The van der Waals surface area contributed by atoms with Gasteiger partial charge in [-0.25, -0.2) is 0 Å². The SMILES string of the molecule is COCCCN1C(=O)C2C(CCC(=O)O)NC3(C(=O)Nc4ccc(Br)cc43)C2C1=O. The average molecular weight is 480 g/mol. The third-order valence-corrected chi connectivity index (χ3v) is 6.66. The molecular weight excluding hydrogens is 458 g/mol. The van der Waals surface area contributed by atoms with Crippen LogP contribution >= 0.6 is 15.9 Å². The van der Waals surface area contributed by atoms with E-state index in [-0.39, 0.29) is 25.3 Å². The molecule has 0 saturated carbocycles. The molecule has 0 aliphatic carbocycles. The lowest BCUT2D eigenvalue weighted by molar-refractivity contribution is -0.143. The zero-order chi connectivity index (χ0) is 21.6. The quantitative estimate of drug-likeness (QED) is 0.394. The second-order valence-electron chi connectivity index (χ2n) is 7.81. The van der Waals surface area contributed by atoms with Crippen molar-refractivity contribution in [3.8, 4) is 0 Å². The van der Waals surface area contributed by atoms with Gasteiger partial charge in [-0.2, -0.15) is 0 Å². The first kappa shape index (κ1) is 21.0. The van der Waals surface area contributed by atoms with Crippen molar-refractivity contribution >= 4 is 45.3 Å². The molecule has 160 valence electrons. The molecule has 3 N–H and O–H groups in total. The highest BCUT2D eigenvalue weighted by molar-refractivity contribution is 9.10. The number of aliphatic carboxylic acids is 1. The number of rotatable bonds is 7.